The summed E-state index contributed by atoms with van der Waals surface area (Å²) in [6, 6.07) is 0.0239. The van der Waals surface area contributed by atoms with Gasteiger partial charge in [-0.15, -0.1) is 12.4 Å². The third kappa shape index (κ3) is 6.17. The van der Waals surface area contributed by atoms with Crippen molar-refractivity contribution in [2.45, 2.75) is 65.1 Å². The highest BCUT2D eigenvalue weighted by atomic mass is 35.5. The van der Waals surface area contributed by atoms with E-state index in [0.29, 0.717) is 32.7 Å². The first kappa shape index (κ1) is 24.9. The molecule has 1 aromatic heterocycles. The molecule has 1 aliphatic rings. The van der Waals surface area contributed by atoms with Gasteiger partial charge in [0.25, 0.3) is 0 Å². The first-order chi connectivity index (χ1) is 12.9. The number of ether oxygens (including phenoxy) is 2. The number of methoxy groups -OCH3 is 1. The van der Waals surface area contributed by atoms with Crippen LogP contribution in [0.1, 0.15) is 49.6 Å². The molecule has 7 nitrogen and oxygen atoms in total. The topological polar surface area (TPSA) is 82.6 Å². The standard InChI is InChI=1S/C20H36N4O3.ClH/c1-6-10-27-19-12-16(7-8-18(19)21)20(25)24(9-11-26-5)13-17-14(2)22-23(4)15(17)3;/h16,18-19H,6-13,21H2,1-5H3;1H/t16-,18+,19+;/m0./s1. The Hall–Kier alpha value is -1.15. The van der Waals surface area contributed by atoms with E-state index in [9.17, 15) is 4.79 Å². The third-order valence-electron chi connectivity index (χ3n) is 5.61. The summed E-state index contributed by atoms with van der Waals surface area (Å²) in [5, 5.41) is 4.48. The lowest BCUT2D eigenvalue weighted by atomic mass is 9.83. The molecule has 0 aromatic carbocycles. The van der Waals surface area contributed by atoms with Gasteiger partial charge in [-0.2, -0.15) is 5.10 Å². The number of halogens is 1. The van der Waals surface area contributed by atoms with Gasteiger partial charge in [0.15, 0.2) is 0 Å². The predicted octanol–water partition coefficient (Wildman–Crippen LogP) is 2.36. The number of amides is 1. The van der Waals surface area contributed by atoms with Gasteiger partial charge in [0.1, 0.15) is 0 Å². The molecule has 0 saturated heterocycles. The fourth-order valence-corrected chi connectivity index (χ4v) is 3.80. The van der Waals surface area contributed by atoms with Crippen LogP contribution in [0.4, 0.5) is 0 Å². The van der Waals surface area contributed by atoms with Crippen molar-refractivity contribution in [1.29, 1.82) is 0 Å². The second-order valence-corrected chi connectivity index (χ2v) is 7.61. The van der Waals surface area contributed by atoms with Crippen LogP contribution in [0.15, 0.2) is 0 Å². The molecule has 1 aliphatic carbocycles. The Bertz CT molecular complexity index is 623. The monoisotopic (exact) mass is 416 g/mol. The molecule has 162 valence electrons. The maximum atomic E-state index is 13.3. The largest absolute Gasteiger partial charge is 0.383 e. The van der Waals surface area contributed by atoms with Gasteiger partial charge >= 0.3 is 0 Å². The van der Waals surface area contributed by atoms with Crippen LogP contribution in [0.2, 0.25) is 0 Å². The molecule has 0 aliphatic heterocycles. The van der Waals surface area contributed by atoms with E-state index in [0.717, 1.165) is 36.2 Å². The van der Waals surface area contributed by atoms with Crippen molar-refractivity contribution >= 4 is 18.3 Å². The van der Waals surface area contributed by atoms with Gasteiger partial charge in [-0.3, -0.25) is 9.48 Å². The van der Waals surface area contributed by atoms with Crippen molar-refractivity contribution in [3.8, 4) is 0 Å². The Morgan fingerprint density at radius 3 is 2.61 bits per heavy atom. The van der Waals surface area contributed by atoms with Crippen molar-refractivity contribution in [2.24, 2.45) is 18.7 Å². The number of carbonyl (C=O) groups is 1. The van der Waals surface area contributed by atoms with Crippen LogP contribution >= 0.6 is 12.4 Å². The number of hydrogen-bond donors (Lipinski definition) is 1. The van der Waals surface area contributed by atoms with Crippen LogP contribution in [0.5, 0.6) is 0 Å². The Labute approximate surface area is 175 Å². The smallest absolute Gasteiger partial charge is 0.226 e. The molecule has 1 saturated carbocycles. The summed E-state index contributed by atoms with van der Waals surface area (Å²) in [4.78, 5) is 15.2. The number of aryl methyl sites for hydroxylation is 2. The molecule has 1 aromatic rings. The number of nitrogens with zero attached hydrogens (tertiary/aromatic N) is 3. The minimum Gasteiger partial charge on any atom is -0.383 e. The number of rotatable bonds is 9. The molecule has 2 rings (SSSR count). The van der Waals surface area contributed by atoms with Crippen molar-refractivity contribution < 1.29 is 14.3 Å². The van der Waals surface area contributed by atoms with E-state index >= 15 is 0 Å². The zero-order valence-electron chi connectivity index (χ0n) is 17.9. The molecule has 3 atom stereocenters. The zero-order chi connectivity index (χ0) is 20.0. The normalized spacial score (nSPS) is 22.0. The van der Waals surface area contributed by atoms with Crippen LogP contribution in [0.3, 0.4) is 0 Å². The highest BCUT2D eigenvalue weighted by Gasteiger charge is 2.35. The fourth-order valence-electron chi connectivity index (χ4n) is 3.80. The Morgan fingerprint density at radius 1 is 1.32 bits per heavy atom. The lowest BCUT2D eigenvalue weighted by Gasteiger charge is -2.36. The maximum absolute atomic E-state index is 13.3. The van der Waals surface area contributed by atoms with E-state index in [4.69, 9.17) is 15.2 Å². The summed E-state index contributed by atoms with van der Waals surface area (Å²) in [5.41, 5.74) is 9.41. The molecule has 0 radical (unpaired) electrons. The summed E-state index contributed by atoms with van der Waals surface area (Å²) in [5.74, 6) is 0.132. The average Bonchev–Trinajstić information content (AvgIpc) is 2.89. The van der Waals surface area contributed by atoms with Crippen LogP contribution in [-0.2, 0) is 27.9 Å². The molecule has 1 amide bonds. The van der Waals surface area contributed by atoms with Crippen LogP contribution in [0, 0.1) is 19.8 Å². The molecule has 0 unspecified atom stereocenters. The number of carbonyl (C=O) groups excluding carboxylic acids is 1. The summed E-state index contributed by atoms with van der Waals surface area (Å²) in [6.45, 7) is 8.48. The second kappa shape index (κ2) is 11.8. The van der Waals surface area contributed by atoms with Crippen molar-refractivity contribution in [1.82, 2.24) is 14.7 Å². The van der Waals surface area contributed by atoms with Crippen molar-refractivity contribution in [2.75, 3.05) is 26.9 Å². The molecule has 2 N–H and O–H groups in total. The molecule has 0 bridgehead atoms. The van der Waals surface area contributed by atoms with E-state index in [2.05, 4.69) is 12.0 Å². The van der Waals surface area contributed by atoms with Gasteiger partial charge in [-0.1, -0.05) is 6.92 Å². The molecule has 0 spiro atoms. The quantitative estimate of drug-likeness (QED) is 0.668. The van der Waals surface area contributed by atoms with Gasteiger partial charge < -0.3 is 20.1 Å². The van der Waals surface area contributed by atoms with Crippen LogP contribution in [-0.4, -0.2) is 59.6 Å². The molecule has 28 heavy (non-hydrogen) atoms. The average molecular weight is 417 g/mol. The molecule has 1 fully saturated rings. The molecular weight excluding hydrogens is 380 g/mol. The molecule has 8 heteroatoms. The van der Waals surface area contributed by atoms with E-state index in [1.165, 1.54) is 0 Å². The van der Waals surface area contributed by atoms with Gasteiger partial charge in [0.2, 0.25) is 5.91 Å². The predicted molar refractivity (Wildman–Crippen MR) is 113 cm³/mol. The Balaban J connectivity index is 0.00000392. The first-order valence-corrected chi connectivity index (χ1v) is 10.0. The first-order valence-electron chi connectivity index (χ1n) is 10.0. The Morgan fingerprint density at radius 2 is 2.04 bits per heavy atom. The lowest BCUT2D eigenvalue weighted by molar-refractivity contribution is -0.140. The molecular formula is C20H37ClN4O3. The van der Waals surface area contributed by atoms with Crippen LogP contribution < -0.4 is 5.73 Å². The number of nitrogens with two attached hydrogens (primary N) is 1. The summed E-state index contributed by atoms with van der Waals surface area (Å²) in [6.07, 6.45) is 3.28. The van der Waals surface area contributed by atoms with Crippen molar-refractivity contribution in [3.63, 3.8) is 0 Å². The zero-order valence-corrected chi connectivity index (χ0v) is 18.8. The minimum atomic E-state index is -0.0409. The SMILES string of the molecule is CCCO[C@@H]1C[C@@H](C(=O)N(CCOC)Cc2c(C)nn(C)c2C)CC[C@H]1N.Cl. The van der Waals surface area contributed by atoms with Crippen LogP contribution in [0.25, 0.3) is 0 Å². The highest BCUT2D eigenvalue weighted by Crippen LogP contribution is 2.28. The lowest BCUT2D eigenvalue weighted by Crippen LogP contribution is -2.47. The minimum absolute atomic E-state index is 0. The van der Waals surface area contributed by atoms with E-state index in [1.807, 2.05) is 30.5 Å². The fraction of sp³-hybridized carbons (Fsp3) is 0.800. The van der Waals surface area contributed by atoms with E-state index in [1.54, 1.807) is 7.11 Å². The Kier molecular flexibility index (Phi) is 10.4. The molecule has 1 heterocycles. The number of aromatic nitrogens is 2. The van der Waals surface area contributed by atoms with Crippen molar-refractivity contribution in [3.05, 3.63) is 17.0 Å². The number of hydrogen-bond acceptors (Lipinski definition) is 5. The third-order valence-corrected chi connectivity index (χ3v) is 5.61. The summed E-state index contributed by atoms with van der Waals surface area (Å²) < 4.78 is 13.0. The van der Waals surface area contributed by atoms with E-state index < -0.39 is 0 Å². The second-order valence-electron chi connectivity index (χ2n) is 7.61. The maximum Gasteiger partial charge on any atom is 0.226 e. The highest BCUT2D eigenvalue weighted by molar-refractivity contribution is 5.85. The van der Waals surface area contributed by atoms with Gasteiger partial charge in [0, 0.05) is 57.1 Å². The summed E-state index contributed by atoms with van der Waals surface area (Å²) in [7, 11) is 3.60. The van der Waals surface area contributed by atoms with Gasteiger partial charge in [-0.25, -0.2) is 0 Å². The van der Waals surface area contributed by atoms with E-state index in [-0.39, 0.29) is 36.4 Å². The van der Waals surface area contributed by atoms with Gasteiger partial charge in [0.05, 0.1) is 18.4 Å². The van der Waals surface area contributed by atoms with Gasteiger partial charge in [-0.05, 0) is 39.5 Å². The summed E-state index contributed by atoms with van der Waals surface area (Å²) >= 11 is 0.